The van der Waals surface area contributed by atoms with Gasteiger partial charge in [-0.2, -0.15) is 0 Å². The SMILES string of the molecule is CC(C)C[C@H](NC(=O)[C@H](C)NC(=O)[C@H](CC(=O)O)NC(=O)[C@H](CCCCN)NC(=O)[C@@H](N)CCC(=O)O)C(=O)N[C@@H](CCCN=C(N)N)C(=O)NCC(=O)O. The second kappa shape index (κ2) is 26.2. The van der Waals surface area contributed by atoms with Crippen LogP contribution >= 0.6 is 0 Å². The summed E-state index contributed by atoms with van der Waals surface area (Å²) in [5, 5.41) is 41.4. The molecule has 0 heterocycles. The van der Waals surface area contributed by atoms with Crippen LogP contribution in [0.25, 0.3) is 0 Å². The number of aliphatic carboxylic acids is 3. The molecule has 0 saturated carbocycles. The third kappa shape index (κ3) is 22.3. The van der Waals surface area contributed by atoms with Crippen LogP contribution in [0.5, 0.6) is 0 Å². The summed E-state index contributed by atoms with van der Waals surface area (Å²) in [5.74, 6) is -9.80. The Morgan fingerprint density at radius 1 is 0.600 bits per heavy atom. The molecule has 0 aromatic carbocycles. The fraction of sp³-hybridized carbons (Fsp3) is 0.688. The molecule has 6 amide bonds. The van der Waals surface area contributed by atoms with Gasteiger partial charge in [-0.3, -0.25) is 48.1 Å². The number of carbonyl (C=O) groups is 9. The highest BCUT2D eigenvalue weighted by molar-refractivity contribution is 5.97. The Bertz CT molecular complexity index is 1370. The van der Waals surface area contributed by atoms with Crippen LogP contribution in [-0.4, -0.2) is 131 Å². The average Bonchev–Trinajstić information content (AvgIpc) is 3.08. The van der Waals surface area contributed by atoms with Gasteiger partial charge in [0.15, 0.2) is 5.96 Å². The minimum absolute atomic E-state index is 0.00541. The zero-order chi connectivity index (χ0) is 42.2. The Morgan fingerprint density at radius 2 is 1.13 bits per heavy atom. The van der Waals surface area contributed by atoms with Crippen molar-refractivity contribution in [3.8, 4) is 0 Å². The molecule has 0 bridgehead atoms. The Morgan fingerprint density at radius 3 is 1.67 bits per heavy atom. The molecule has 0 aromatic rings. The van der Waals surface area contributed by atoms with Crippen LogP contribution in [0.2, 0.25) is 0 Å². The summed E-state index contributed by atoms with van der Waals surface area (Å²) in [6.45, 7) is 4.36. The van der Waals surface area contributed by atoms with Crippen molar-refractivity contribution in [1.29, 1.82) is 0 Å². The number of amides is 6. The first kappa shape index (κ1) is 49.4. The van der Waals surface area contributed by atoms with Crippen LogP contribution in [0, 0.1) is 5.92 Å². The predicted molar refractivity (Wildman–Crippen MR) is 195 cm³/mol. The fourth-order valence-electron chi connectivity index (χ4n) is 4.82. The van der Waals surface area contributed by atoms with Crippen molar-refractivity contribution in [2.24, 2.45) is 33.8 Å². The highest BCUT2D eigenvalue weighted by atomic mass is 16.4. The zero-order valence-electron chi connectivity index (χ0n) is 31.3. The van der Waals surface area contributed by atoms with Gasteiger partial charge >= 0.3 is 17.9 Å². The number of carbonyl (C=O) groups excluding carboxylic acids is 6. The van der Waals surface area contributed by atoms with E-state index in [1.165, 1.54) is 6.92 Å². The van der Waals surface area contributed by atoms with E-state index in [1.54, 1.807) is 13.8 Å². The maximum atomic E-state index is 13.4. The summed E-state index contributed by atoms with van der Waals surface area (Å²) < 4.78 is 0. The molecule has 0 unspecified atom stereocenters. The van der Waals surface area contributed by atoms with Crippen molar-refractivity contribution in [3.05, 3.63) is 0 Å². The van der Waals surface area contributed by atoms with Gasteiger partial charge in [0.2, 0.25) is 35.4 Å². The second-order valence-electron chi connectivity index (χ2n) is 13.1. The minimum Gasteiger partial charge on any atom is -0.481 e. The molecule has 17 N–H and O–H groups in total. The van der Waals surface area contributed by atoms with Crippen molar-refractivity contribution < 1.29 is 58.5 Å². The Kier molecular flexibility index (Phi) is 23.6. The first-order valence-corrected chi connectivity index (χ1v) is 17.6. The first-order valence-electron chi connectivity index (χ1n) is 17.6. The van der Waals surface area contributed by atoms with E-state index < -0.39 is 109 Å². The topological polar surface area (TPSA) is 403 Å². The number of carboxylic acid groups (broad SMARTS) is 3. The number of aliphatic imine (C=N–C) groups is 1. The lowest BCUT2D eigenvalue weighted by atomic mass is 10.0. The molecule has 0 aromatic heterocycles. The van der Waals surface area contributed by atoms with Crippen molar-refractivity contribution in [2.75, 3.05) is 19.6 Å². The molecule has 0 radical (unpaired) electrons. The van der Waals surface area contributed by atoms with E-state index >= 15 is 0 Å². The number of carboxylic acids is 3. The molecular formula is C32H57N11O12. The lowest BCUT2D eigenvalue weighted by Crippen LogP contribution is -2.59. The average molecular weight is 788 g/mol. The molecule has 0 aliphatic rings. The first-order chi connectivity index (χ1) is 25.7. The molecule has 23 nitrogen and oxygen atoms in total. The molecule has 0 rings (SSSR count). The number of hydrogen-bond acceptors (Lipinski definition) is 12. The standard InChI is InChI=1S/C32H57N11O12/c1-16(2)13-21(31(55)41-19(8-6-12-37-32(35)36)28(52)38-15-25(48)49)42-26(50)17(3)39-30(54)22(14-24(46)47)43-29(53)20(7-4-5-11-33)40-27(51)18(34)9-10-23(44)45/h16-22H,4-15,33-34H2,1-3H3,(H,38,52)(H,39,54)(H,40,51)(H,41,55)(H,42,50)(H,43,53)(H,44,45)(H,46,47)(H,48,49)(H4,35,36,37)/t17-,18-,19-,20-,21-,22-/m0/s1. The van der Waals surface area contributed by atoms with Crippen molar-refractivity contribution in [3.63, 3.8) is 0 Å². The summed E-state index contributed by atoms with van der Waals surface area (Å²) >= 11 is 0. The summed E-state index contributed by atoms with van der Waals surface area (Å²) in [5.41, 5.74) is 21.9. The van der Waals surface area contributed by atoms with E-state index in [0.29, 0.717) is 12.8 Å². The maximum absolute atomic E-state index is 13.4. The summed E-state index contributed by atoms with van der Waals surface area (Å²) in [4.78, 5) is 116. The van der Waals surface area contributed by atoms with Crippen molar-refractivity contribution >= 4 is 59.3 Å². The fourth-order valence-corrected chi connectivity index (χ4v) is 4.82. The largest absolute Gasteiger partial charge is 0.481 e. The van der Waals surface area contributed by atoms with E-state index in [9.17, 15) is 48.3 Å². The van der Waals surface area contributed by atoms with Crippen LogP contribution in [0.3, 0.4) is 0 Å². The quantitative estimate of drug-likeness (QED) is 0.0202. The van der Waals surface area contributed by atoms with Gasteiger partial charge in [0, 0.05) is 13.0 Å². The highest BCUT2D eigenvalue weighted by Crippen LogP contribution is 2.09. The minimum atomic E-state index is -1.74. The second-order valence-corrected chi connectivity index (χ2v) is 13.1. The number of nitrogens with one attached hydrogen (secondary N) is 6. The number of unbranched alkanes of at least 4 members (excludes halogenated alkanes) is 1. The van der Waals surface area contributed by atoms with Gasteiger partial charge in [0.1, 0.15) is 36.8 Å². The Balaban J connectivity index is 5.93. The van der Waals surface area contributed by atoms with Gasteiger partial charge in [-0.15, -0.1) is 0 Å². The van der Waals surface area contributed by atoms with E-state index in [1.807, 2.05) is 0 Å². The van der Waals surface area contributed by atoms with E-state index in [-0.39, 0.29) is 57.1 Å². The van der Waals surface area contributed by atoms with Gasteiger partial charge in [-0.1, -0.05) is 13.8 Å². The monoisotopic (exact) mass is 787 g/mol. The third-order valence-electron chi connectivity index (χ3n) is 7.68. The Labute approximate surface area is 317 Å². The predicted octanol–water partition coefficient (Wildman–Crippen LogP) is -4.47. The molecule has 6 atom stereocenters. The molecule has 0 saturated heterocycles. The highest BCUT2D eigenvalue weighted by Gasteiger charge is 2.33. The van der Waals surface area contributed by atoms with Gasteiger partial charge in [0.05, 0.1) is 12.5 Å². The van der Waals surface area contributed by atoms with Gasteiger partial charge in [0.25, 0.3) is 0 Å². The molecule has 0 fully saturated rings. The van der Waals surface area contributed by atoms with E-state index in [2.05, 4.69) is 36.9 Å². The summed E-state index contributed by atoms with van der Waals surface area (Å²) in [6.07, 6.45) is -0.512. The molecule has 0 aliphatic carbocycles. The van der Waals surface area contributed by atoms with Crippen LogP contribution in [0.15, 0.2) is 4.99 Å². The number of rotatable bonds is 28. The smallest absolute Gasteiger partial charge is 0.322 e. The van der Waals surface area contributed by atoms with Crippen molar-refractivity contribution in [1.82, 2.24) is 31.9 Å². The van der Waals surface area contributed by atoms with Gasteiger partial charge in [-0.05, 0) is 64.3 Å². The number of guanidine groups is 1. The van der Waals surface area contributed by atoms with Crippen LogP contribution < -0.4 is 54.8 Å². The molecular weight excluding hydrogens is 730 g/mol. The molecule has 312 valence electrons. The summed E-state index contributed by atoms with van der Waals surface area (Å²) in [7, 11) is 0. The van der Waals surface area contributed by atoms with Crippen molar-refractivity contribution in [2.45, 2.75) is 115 Å². The lowest BCUT2D eigenvalue weighted by molar-refractivity contribution is -0.142. The van der Waals surface area contributed by atoms with Crippen LogP contribution in [-0.2, 0) is 43.2 Å². The molecule has 0 aliphatic heterocycles. The van der Waals surface area contributed by atoms with Crippen LogP contribution in [0.4, 0.5) is 0 Å². The summed E-state index contributed by atoms with van der Waals surface area (Å²) in [6, 6.07) is -8.23. The van der Waals surface area contributed by atoms with Gasteiger partial charge < -0.3 is 70.2 Å². The zero-order valence-corrected chi connectivity index (χ0v) is 31.3. The maximum Gasteiger partial charge on any atom is 0.322 e. The third-order valence-corrected chi connectivity index (χ3v) is 7.68. The molecule has 23 heteroatoms. The van der Waals surface area contributed by atoms with Gasteiger partial charge in [-0.25, -0.2) is 0 Å². The molecule has 0 spiro atoms. The normalized spacial score (nSPS) is 14.1. The number of nitrogens with two attached hydrogens (primary N) is 4. The van der Waals surface area contributed by atoms with Crippen LogP contribution in [0.1, 0.15) is 78.6 Å². The van der Waals surface area contributed by atoms with E-state index in [0.717, 1.165) is 0 Å². The number of hydrogen-bond donors (Lipinski definition) is 13. The van der Waals surface area contributed by atoms with E-state index in [4.69, 9.17) is 33.1 Å². The molecule has 55 heavy (non-hydrogen) atoms. The Hall–Kier alpha value is -5.58. The lowest BCUT2D eigenvalue weighted by Gasteiger charge is -2.26. The number of nitrogens with zero attached hydrogens (tertiary/aromatic N) is 1.